The Kier molecular flexibility index (Phi) is 6.29. The van der Waals surface area contributed by atoms with Crippen LogP contribution in [-0.2, 0) is 17.6 Å². The maximum atomic E-state index is 13.9. The van der Waals surface area contributed by atoms with Gasteiger partial charge in [0.25, 0.3) is 0 Å². The van der Waals surface area contributed by atoms with Gasteiger partial charge >= 0.3 is 0 Å². The Morgan fingerprint density at radius 1 is 1.03 bits per heavy atom. The van der Waals surface area contributed by atoms with Crippen LogP contribution in [-0.4, -0.2) is 10.8 Å². The second-order valence-electron chi connectivity index (χ2n) is 14.3. The summed E-state index contributed by atoms with van der Waals surface area (Å²) >= 11 is 3.70. The third-order valence-electron chi connectivity index (χ3n) is 12.0. The Morgan fingerprint density at radius 2 is 1.81 bits per heavy atom. The van der Waals surface area contributed by atoms with Crippen molar-refractivity contribution in [3.63, 3.8) is 0 Å². The van der Waals surface area contributed by atoms with E-state index in [2.05, 4.69) is 73.7 Å². The van der Waals surface area contributed by atoms with Crippen LogP contribution in [0.3, 0.4) is 0 Å². The first-order valence-corrected chi connectivity index (χ1v) is 15.7. The number of carbonyl (C=O) groups is 1. The van der Waals surface area contributed by atoms with Crippen molar-refractivity contribution in [2.45, 2.75) is 98.8 Å². The van der Waals surface area contributed by atoms with Gasteiger partial charge in [0.05, 0.1) is 0 Å². The first-order chi connectivity index (χ1) is 17.1. The Hall–Kier alpha value is -1.09. The zero-order valence-electron chi connectivity index (χ0n) is 23.1. The lowest BCUT2D eigenvalue weighted by Gasteiger charge is -2.60. The highest BCUT2D eigenvalue weighted by molar-refractivity contribution is 9.10. The smallest absolute Gasteiger partial charge is 0.137 e. The number of ketones is 1. The maximum absolute atomic E-state index is 13.9. The number of H-pyrrole nitrogens is 1. The number of halogens is 1. The van der Waals surface area contributed by atoms with E-state index in [-0.39, 0.29) is 11.3 Å². The van der Waals surface area contributed by atoms with Gasteiger partial charge in [-0.05, 0) is 109 Å². The largest absolute Gasteiger partial charge is 0.358 e. The number of hydrogen-bond donors (Lipinski definition) is 1. The van der Waals surface area contributed by atoms with Crippen LogP contribution in [0.2, 0.25) is 0 Å². The van der Waals surface area contributed by atoms with E-state index in [1.807, 2.05) is 0 Å². The fraction of sp³-hybridized carbons (Fsp3) is 0.727. The molecule has 4 aliphatic carbocycles. The molecule has 0 amide bonds. The molecule has 4 aliphatic rings. The van der Waals surface area contributed by atoms with Gasteiger partial charge < -0.3 is 4.98 Å². The molecule has 0 aliphatic heterocycles. The molecule has 6 rings (SSSR count). The highest BCUT2D eigenvalue weighted by Gasteiger charge is 2.62. The zero-order chi connectivity index (χ0) is 25.4. The number of Topliss-reactive ketones (excluding diaryl/α,β-unsaturated/α-hetero) is 1. The van der Waals surface area contributed by atoms with E-state index in [0.717, 1.165) is 47.4 Å². The summed E-state index contributed by atoms with van der Waals surface area (Å²) in [5, 5.41) is 1.37. The summed E-state index contributed by atoms with van der Waals surface area (Å²) in [4.78, 5) is 17.6. The second kappa shape index (κ2) is 8.99. The van der Waals surface area contributed by atoms with E-state index in [0.29, 0.717) is 23.0 Å². The van der Waals surface area contributed by atoms with Crippen LogP contribution in [0, 0.1) is 52.3 Å². The Labute approximate surface area is 226 Å². The minimum Gasteiger partial charge on any atom is -0.358 e. The molecule has 3 saturated carbocycles. The summed E-state index contributed by atoms with van der Waals surface area (Å²) in [6.45, 7) is 12.4. The summed E-state index contributed by atoms with van der Waals surface area (Å²) in [7, 11) is 0. The molecule has 0 radical (unpaired) electrons. The van der Waals surface area contributed by atoms with E-state index in [1.54, 1.807) is 0 Å². The summed E-state index contributed by atoms with van der Waals surface area (Å²) in [6, 6.07) is 6.61. The summed E-state index contributed by atoms with van der Waals surface area (Å²) < 4.78 is 1.15. The monoisotopic (exact) mass is 551 g/mol. The molecule has 3 heteroatoms. The van der Waals surface area contributed by atoms with Crippen molar-refractivity contribution in [3.8, 4) is 0 Å². The Morgan fingerprint density at radius 3 is 2.58 bits per heavy atom. The molecule has 1 N–H and O–H groups in total. The third kappa shape index (κ3) is 3.80. The number of carbonyl (C=O) groups excluding carboxylic acids is 1. The van der Waals surface area contributed by atoms with Crippen molar-refractivity contribution in [1.82, 2.24) is 4.98 Å². The number of fused-ring (bicyclic) bond motifs is 8. The number of aromatic amines is 1. The van der Waals surface area contributed by atoms with Gasteiger partial charge in [0.2, 0.25) is 0 Å². The maximum Gasteiger partial charge on any atom is 0.137 e. The zero-order valence-corrected chi connectivity index (χ0v) is 24.7. The van der Waals surface area contributed by atoms with Crippen LogP contribution in [0.4, 0.5) is 0 Å². The average Bonchev–Trinajstić information content (AvgIpc) is 3.34. The predicted octanol–water partition coefficient (Wildman–Crippen LogP) is 9.15. The van der Waals surface area contributed by atoms with Crippen LogP contribution in [0.15, 0.2) is 22.7 Å². The molecule has 36 heavy (non-hydrogen) atoms. The van der Waals surface area contributed by atoms with Crippen molar-refractivity contribution >= 4 is 32.6 Å². The number of aromatic nitrogens is 1. The highest BCUT2D eigenvalue weighted by atomic mass is 79.9. The molecule has 8 atom stereocenters. The SMILES string of the molecule is CC(C)CCC[C@@H](C)[C@H]1CC[C@H]2[C@@H]3CC(=O)[C@H]4Cc5[nH]c6ccc(Br)cc6c5C[C@]4(C)[C@H]3CC[C@]12C. The van der Waals surface area contributed by atoms with Crippen molar-refractivity contribution in [2.75, 3.05) is 0 Å². The Balaban J connectivity index is 1.28. The number of nitrogens with one attached hydrogen (secondary N) is 1. The van der Waals surface area contributed by atoms with E-state index in [9.17, 15) is 4.79 Å². The molecule has 2 nitrogen and oxygen atoms in total. The Bertz CT molecular complexity index is 1160. The second-order valence-corrected chi connectivity index (χ2v) is 15.2. The predicted molar refractivity (Wildman–Crippen MR) is 153 cm³/mol. The van der Waals surface area contributed by atoms with Gasteiger partial charge in [-0.15, -0.1) is 0 Å². The van der Waals surface area contributed by atoms with Crippen LogP contribution >= 0.6 is 15.9 Å². The van der Waals surface area contributed by atoms with E-state index >= 15 is 0 Å². The molecule has 3 fully saturated rings. The van der Waals surface area contributed by atoms with Crippen LogP contribution in [0.25, 0.3) is 10.9 Å². The molecule has 0 bridgehead atoms. The molecule has 1 aromatic carbocycles. The molecule has 1 aromatic heterocycles. The molecule has 0 spiro atoms. The fourth-order valence-electron chi connectivity index (χ4n) is 10.3. The first-order valence-electron chi connectivity index (χ1n) is 14.9. The van der Waals surface area contributed by atoms with Gasteiger partial charge in [-0.2, -0.15) is 0 Å². The van der Waals surface area contributed by atoms with E-state index in [1.165, 1.54) is 67.1 Å². The molecular formula is C33H46BrNO. The van der Waals surface area contributed by atoms with Crippen molar-refractivity contribution < 1.29 is 4.79 Å². The average molecular weight is 553 g/mol. The van der Waals surface area contributed by atoms with Gasteiger partial charge in [0, 0.05) is 33.4 Å². The fourth-order valence-corrected chi connectivity index (χ4v) is 10.6. The quantitative estimate of drug-likeness (QED) is 0.394. The van der Waals surface area contributed by atoms with E-state index < -0.39 is 0 Å². The summed E-state index contributed by atoms with van der Waals surface area (Å²) in [6.07, 6.45) is 12.4. The molecule has 196 valence electrons. The number of hydrogen-bond acceptors (Lipinski definition) is 1. The van der Waals surface area contributed by atoms with Crippen molar-refractivity contribution in [2.24, 2.45) is 52.3 Å². The molecule has 0 unspecified atom stereocenters. The topological polar surface area (TPSA) is 32.9 Å². The first kappa shape index (κ1) is 25.2. The lowest BCUT2D eigenvalue weighted by Crippen LogP contribution is -2.57. The number of benzene rings is 1. The normalized spacial score (nSPS) is 38.5. The number of rotatable bonds is 5. The van der Waals surface area contributed by atoms with Gasteiger partial charge in [-0.1, -0.05) is 69.8 Å². The van der Waals surface area contributed by atoms with Crippen LogP contribution in [0.5, 0.6) is 0 Å². The summed E-state index contributed by atoms with van der Waals surface area (Å²) in [5.41, 5.74) is 4.60. The lowest BCUT2D eigenvalue weighted by molar-refractivity contribution is -0.150. The molecule has 0 saturated heterocycles. The molecule has 2 aromatic rings. The summed E-state index contributed by atoms with van der Waals surface area (Å²) in [5.74, 6) is 5.29. The van der Waals surface area contributed by atoms with Gasteiger partial charge in [-0.3, -0.25) is 4.79 Å². The molecular weight excluding hydrogens is 506 g/mol. The van der Waals surface area contributed by atoms with Crippen molar-refractivity contribution in [1.29, 1.82) is 0 Å². The standard InChI is InChI=1S/C33H46BrNO/c1-19(2)7-6-8-20(3)25-10-11-26-23-16-31(36)28-17-30-24(22-15-21(34)9-12-29(22)35-30)18-33(28,5)27(23)13-14-32(25,26)4/h9,12,15,19-20,23,25-28,35H,6-8,10-11,13-14,16-18H2,1-5H3/t20-,23+,25-,26+,27+,28-,32-,33-/m1/s1. The van der Waals surface area contributed by atoms with Gasteiger partial charge in [0.1, 0.15) is 5.78 Å². The van der Waals surface area contributed by atoms with Gasteiger partial charge in [-0.25, -0.2) is 0 Å². The third-order valence-corrected chi connectivity index (χ3v) is 12.5. The van der Waals surface area contributed by atoms with Crippen LogP contribution < -0.4 is 0 Å². The molecule has 1 heterocycles. The van der Waals surface area contributed by atoms with E-state index in [4.69, 9.17) is 0 Å². The minimum atomic E-state index is 0.104. The van der Waals surface area contributed by atoms with Crippen LogP contribution in [0.1, 0.15) is 97.2 Å². The van der Waals surface area contributed by atoms with Crippen molar-refractivity contribution in [3.05, 3.63) is 33.9 Å². The lowest BCUT2D eigenvalue weighted by atomic mass is 9.44. The minimum absolute atomic E-state index is 0.104. The highest BCUT2D eigenvalue weighted by Crippen LogP contribution is 2.67. The van der Waals surface area contributed by atoms with Gasteiger partial charge in [0.15, 0.2) is 0 Å².